The Hall–Kier alpha value is -0.0800. The van der Waals surface area contributed by atoms with Crippen LogP contribution in [0.2, 0.25) is 0 Å². The number of hydrogen-bond donors (Lipinski definition) is 0. The van der Waals surface area contributed by atoms with Gasteiger partial charge in [-0.1, -0.05) is 40.0 Å². The minimum Gasteiger partial charge on any atom is -0.298 e. The van der Waals surface area contributed by atoms with E-state index < -0.39 is 0 Å². The van der Waals surface area contributed by atoms with Crippen LogP contribution in [0.15, 0.2) is 0 Å². The smallest absolute Gasteiger partial charge is 0.0247 e. The molecule has 3 rings (SSSR count). The third-order valence-corrected chi connectivity index (χ3v) is 6.25. The van der Waals surface area contributed by atoms with Crippen LogP contribution in [0, 0.1) is 11.3 Å². The summed E-state index contributed by atoms with van der Waals surface area (Å²) in [4.78, 5) is 5.70. The van der Waals surface area contributed by atoms with E-state index >= 15 is 0 Å². The minimum atomic E-state index is 0.615. The molecule has 3 fully saturated rings. The molecule has 0 spiro atoms. The van der Waals surface area contributed by atoms with Crippen LogP contribution in [0.25, 0.3) is 0 Å². The van der Waals surface area contributed by atoms with Crippen molar-refractivity contribution in [3.05, 3.63) is 0 Å². The highest BCUT2D eigenvalue weighted by molar-refractivity contribution is 4.95. The van der Waals surface area contributed by atoms with E-state index in [1.807, 2.05) is 0 Å². The highest BCUT2D eigenvalue weighted by atomic mass is 15.3. The fourth-order valence-electron chi connectivity index (χ4n) is 4.96. The molecule has 0 aromatic heterocycles. The normalized spacial score (nSPS) is 35.4. The molecule has 2 atom stereocenters. The zero-order chi connectivity index (χ0) is 14.2. The van der Waals surface area contributed by atoms with Crippen LogP contribution in [0.1, 0.15) is 65.7 Å². The molecule has 2 aliphatic heterocycles. The van der Waals surface area contributed by atoms with Gasteiger partial charge < -0.3 is 0 Å². The summed E-state index contributed by atoms with van der Waals surface area (Å²) in [6.45, 7) is 12.8. The molecule has 2 nitrogen and oxygen atoms in total. The molecule has 0 radical (unpaired) electrons. The molecule has 2 unspecified atom stereocenters. The van der Waals surface area contributed by atoms with Gasteiger partial charge in [-0.15, -0.1) is 0 Å². The van der Waals surface area contributed by atoms with Gasteiger partial charge in [0.1, 0.15) is 0 Å². The van der Waals surface area contributed by atoms with Crippen molar-refractivity contribution in [1.82, 2.24) is 9.80 Å². The zero-order valence-corrected chi connectivity index (χ0v) is 13.9. The molecule has 20 heavy (non-hydrogen) atoms. The van der Waals surface area contributed by atoms with Gasteiger partial charge in [0.2, 0.25) is 0 Å². The molecular formula is C18H34N2. The Morgan fingerprint density at radius 3 is 2.50 bits per heavy atom. The van der Waals surface area contributed by atoms with E-state index in [4.69, 9.17) is 0 Å². The number of fused-ring (bicyclic) bond motifs is 1. The number of nitrogens with zero attached hydrogens (tertiary/aromatic N) is 2. The lowest BCUT2D eigenvalue weighted by Crippen LogP contribution is -2.62. The molecule has 2 saturated heterocycles. The van der Waals surface area contributed by atoms with E-state index in [0.717, 1.165) is 18.0 Å². The van der Waals surface area contributed by atoms with Crippen LogP contribution in [0.4, 0.5) is 0 Å². The van der Waals surface area contributed by atoms with Crippen molar-refractivity contribution in [3.8, 4) is 0 Å². The number of rotatable bonds is 3. The Kier molecular flexibility index (Phi) is 4.42. The van der Waals surface area contributed by atoms with Crippen molar-refractivity contribution < 1.29 is 0 Å². The predicted molar refractivity (Wildman–Crippen MR) is 86.0 cm³/mol. The third kappa shape index (κ3) is 3.06. The Bertz CT molecular complexity index is 319. The van der Waals surface area contributed by atoms with Gasteiger partial charge in [-0.3, -0.25) is 9.80 Å². The first kappa shape index (κ1) is 14.8. The monoisotopic (exact) mass is 278 g/mol. The van der Waals surface area contributed by atoms with Crippen molar-refractivity contribution in [2.45, 2.75) is 77.8 Å². The van der Waals surface area contributed by atoms with Gasteiger partial charge in [0.05, 0.1) is 0 Å². The van der Waals surface area contributed by atoms with E-state index in [-0.39, 0.29) is 0 Å². The average Bonchev–Trinajstić information content (AvgIpc) is 2.84. The van der Waals surface area contributed by atoms with Crippen LogP contribution >= 0.6 is 0 Å². The molecule has 0 N–H and O–H groups in total. The molecular weight excluding hydrogens is 244 g/mol. The van der Waals surface area contributed by atoms with E-state index in [0.29, 0.717) is 5.41 Å². The number of hydrogen-bond acceptors (Lipinski definition) is 2. The number of piperidine rings is 1. The summed E-state index contributed by atoms with van der Waals surface area (Å²) in [7, 11) is 0. The van der Waals surface area contributed by atoms with Crippen molar-refractivity contribution in [3.63, 3.8) is 0 Å². The molecule has 0 amide bonds. The van der Waals surface area contributed by atoms with E-state index in [2.05, 4.69) is 30.6 Å². The van der Waals surface area contributed by atoms with Crippen molar-refractivity contribution in [2.75, 3.05) is 26.2 Å². The summed E-state index contributed by atoms with van der Waals surface area (Å²) in [6, 6.07) is 1.66. The Morgan fingerprint density at radius 2 is 1.80 bits per heavy atom. The average molecular weight is 278 g/mol. The highest BCUT2D eigenvalue weighted by Gasteiger charge is 2.40. The van der Waals surface area contributed by atoms with Gasteiger partial charge in [-0.2, -0.15) is 0 Å². The summed E-state index contributed by atoms with van der Waals surface area (Å²) in [5.74, 6) is 0.794. The fourth-order valence-corrected chi connectivity index (χ4v) is 4.96. The zero-order valence-electron chi connectivity index (χ0n) is 13.9. The molecule has 0 aromatic carbocycles. The highest BCUT2D eigenvalue weighted by Crippen LogP contribution is 2.40. The fraction of sp³-hybridized carbons (Fsp3) is 1.00. The first-order valence-corrected chi connectivity index (χ1v) is 9.05. The quantitative estimate of drug-likeness (QED) is 0.775. The second-order valence-corrected chi connectivity index (χ2v) is 8.40. The van der Waals surface area contributed by atoms with Crippen LogP contribution in [0.5, 0.6) is 0 Å². The van der Waals surface area contributed by atoms with E-state index in [1.54, 1.807) is 0 Å². The summed E-state index contributed by atoms with van der Waals surface area (Å²) in [5, 5.41) is 0. The molecule has 1 aliphatic carbocycles. The van der Waals surface area contributed by atoms with E-state index in [9.17, 15) is 0 Å². The first-order valence-electron chi connectivity index (χ1n) is 9.05. The topological polar surface area (TPSA) is 6.48 Å². The maximum atomic E-state index is 2.89. The lowest BCUT2D eigenvalue weighted by atomic mass is 9.85. The molecule has 2 heterocycles. The Balaban J connectivity index is 1.69. The van der Waals surface area contributed by atoms with E-state index in [1.165, 1.54) is 71.1 Å². The van der Waals surface area contributed by atoms with Crippen molar-refractivity contribution in [1.29, 1.82) is 0 Å². The molecule has 116 valence electrons. The van der Waals surface area contributed by atoms with Crippen LogP contribution in [0.3, 0.4) is 0 Å². The van der Waals surface area contributed by atoms with Crippen molar-refractivity contribution >= 4 is 0 Å². The SMILES string of the molecule is CC(C)C1CN2CCCCC2CN1CC1(C)CCCC1. The molecule has 2 heteroatoms. The van der Waals surface area contributed by atoms with Crippen LogP contribution in [-0.4, -0.2) is 48.1 Å². The first-order chi connectivity index (χ1) is 9.57. The maximum Gasteiger partial charge on any atom is 0.0247 e. The molecule has 3 aliphatic rings. The van der Waals surface area contributed by atoms with Gasteiger partial charge in [0, 0.05) is 31.7 Å². The van der Waals surface area contributed by atoms with Gasteiger partial charge in [-0.05, 0) is 43.6 Å². The van der Waals surface area contributed by atoms with Crippen LogP contribution < -0.4 is 0 Å². The molecule has 0 aromatic rings. The summed E-state index contributed by atoms with van der Waals surface area (Å²) in [6.07, 6.45) is 10.2. The predicted octanol–water partition coefficient (Wildman–Crippen LogP) is 3.76. The van der Waals surface area contributed by atoms with Gasteiger partial charge in [0.25, 0.3) is 0 Å². The standard InChI is InChI=1S/C18H34N2/c1-15(2)17-13-19-11-7-4-8-16(19)12-20(17)14-18(3)9-5-6-10-18/h15-17H,4-14H2,1-3H3. The summed E-state index contributed by atoms with van der Waals surface area (Å²) >= 11 is 0. The number of piperazine rings is 1. The lowest BCUT2D eigenvalue weighted by Gasteiger charge is -2.51. The largest absolute Gasteiger partial charge is 0.298 e. The maximum absolute atomic E-state index is 2.89. The second-order valence-electron chi connectivity index (χ2n) is 8.40. The second kappa shape index (κ2) is 5.96. The van der Waals surface area contributed by atoms with Gasteiger partial charge in [0.15, 0.2) is 0 Å². The summed E-state index contributed by atoms with van der Waals surface area (Å²) < 4.78 is 0. The van der Waals surface area contributed by atoms with Crippen molar-refractivity contribution in [2.24, 2.45) is 11.3 Å². The van der Waals surface area contributed by atoms with Gasteiger partial charge in [-0.25, -0.2) is 0 Å². The third-order valence-electron chi connectivity index (χ3n) is 6.25. The summed E-state index contributed by atoms with van der Waals surface area (Å²) in [5.41, 5.74) is 0.615. The lowest BCUT2D eigenvalue weighted by molar-refractivity contribution is -0.0250. The minimum absolute atomic E-state index is 0.615. The Labute approximate surface area is 125 Å². The molecule has 1 saturated carbocycles. The van der Waals surface area contributed by atoms with Gasteiger partial charge >= 0.3 is 0 Å². The molecule has 0 bridgehead atoms. The van der Waals surface area contributed by atoms with Crippen LogP contribution in [-0.2, 0) is 0 Å². The Morgan fingerprint density at radius 1 is 1.05 bits per heavy atom.